The number of hydrogen-bond donors (Lipinski definition) is 1. The van der Waals surface area contributed by atoms with E-state index in [1.54, 1.807) is 0 Å². The number of rotatable bonds is 8. The summed E-state index contributed by atoms with van der Waals surface area (Å²) in [6.07, 6.45) is 0.899. The molecule has 1 unspecified atom stereocenters. The molecule has 1 rings (SSSR count). The summed E-state index contributed by atoms with van der Waals surface area (Å²) in [6, 6.07) is 0.255. The van der Waals surface area contributed by atoms with Crippen LogP contribution < -0.4 is 5.32 Å². The maximum Gasteiger partial charge on any atom is 0.0782 e. The van der Waals surface area contributed by atoms with Gasteiger partial charge >= 0.3 is 0 Å². The number of ether oxygens (including phenoxy) is 1. The summed E-state index contributed by atoms with van der Waals surface area (Å²) < 4.78 is 9.12. The SMILES string of the molecule is CCNC(Cc1c(Br)c(C)nn1CC)C(C)(C)OCC. The van der Waals surface area contributed by atoms with Crippen LogP contribution in [-0.2, 0) is 17.7 Å². The van der Waals surface area contributed by atoms with Crippen molar-refractivity contribution >= 4 is 15.9 Å². The molecule has 116 valence electrons. The van der Waals surface area contributed by atoms with Crippen molar-refractivity contribution in [3.05, 3.63) is 15.9 Å². The van der Waals surface area contributed by atoms with Gasteiger partial charge in [0.1, 0.15) is 0 Å². The molecule has 5 heteroatoms. The second-order valence-corrected chi connectivity index (χ2v) is 6.31. The van der Waals surface area contributed by atoms with Gasteiger partial charge in [0.15, 0.2) is 0 Å². The predicted molar refractivity (Wildman–Crippen MR) is 87.2 cm³/mol. The molecule has 0 aliphatic heterocycles. The van der Waals surface area contributed by atoms with E-state index in [9.17, 15) is 0 Å². The Labute approximate surface area is 131 Å². The molecule has 0 saturated heterocycles. The standard InChI is InChI=1S/C15H28BrN3O/c1-7-17-13(15(5,6)20-9-3)10-12-14(16)11(4)18-19(12)8-2/h13,17H,7-10H2,1-6H3. The second kappa shape index (κ2) is 7.57. The normalized spacial score (nSPS) is 13.8. The molecule has 0 bridgehead atoms. The van der Waals surface area contributed by atoms with Crippen LogP contribution in [0.4, 0.5) is 0 Å². The first-order valence-corrected chi connectivity index (χ1v) is 8.25. The molecular formula is C15H28BrN3O. The Kier molecular flexibility index (Phi) is 6.69. The van der Waals surface area contributed by atoms with Crippen molar-refractivity contribution in [3.63, 3.8) is 0 Å². The molecule has 0 fully saturated rings. The minimum atomic E-state index is -0.207. The van der Waals surface area contributed by atoms with Crippen LogP contribution in [0.15, 0.2) is 4.47 Å². The number of nitrogens with one attached hydrogen (secondary N) is 1. The van der Waals surface area contributed by atoms with Gasteiger partial charge in [-0.3, -0.25) is 4.68 Å². The lowest BCUT2D eigenvalue weighted by atomic mass is 9.93. The number of hydrogen-bond acceptors (Lipinski definition) is 3. The van der Waals surface area contributed by atoms with Crippen LogP contribution in [-0.4, -0.2) is 34.6 Å². The molecule has 0 radical (unpaired) electrons. The van der Waals surface area contributed by atoms with E-state index >= 15 is 0 Å². The lowest BCUT2D eigenvalue weighted by Crippen LogP contribution is -2.50. The van der Waals surface area contributed by atoms with Gasteiger partial charge in [-0.2, -0.15) is 5.10 Å². The topological polar surface area (TPSA) is 39.1 Å². The molecule has 0 aliphatic rings. The highest BCUT2D eigenvalue weighted by Gasteiger charge is 2.31. The molecule has 0 amide bonds. The van der Waals surface area contributed by atoms with Crippen molar-refractivity contribution in [2.75, 3.05) is 13.2 Å². The van der Waals surface area contributed by atoms with Crippen molar-refractivity contribution in [3.8, 4) is 0 Å². The monoisotopic (exact) mass is 345 g/mol. The van der Waals surface area contributed by atoms with E-state index in [0.29, 0.717) is 0 Å². The van der Waals surface area contributed by atoms with Gasteiger partial charge in [0.05, 0.1) is 21.5 Å². The summed E-state index contributed by atoms with van der Waals surface area (Å²) in [6.45, 7) is 15.2. The van der Waals surface area contributed by atoms with Crippen LogP contribution >= 0.6 is 15.9 Å². The highest BCUT2D eigenvalue weighted by molar-refractivity contribution is 9.10. The Morgan fingerprint density at radius 1 is 1.35 bits per heavy atom. The van der Waals surface area contributed by atoms with Crippen molar-refractivity contribution in [1.29, 1.82) is 0 Å². The fraction of sp³-hybridized carbons (Fsp3) is 0.800. The fourth-order valence-electron chi connectivity index (χ4n) is 2.54. The zero-order valence-corrected chi connectivity index (χ0v) is 15.2. The van der Waals surface area contributed by atoms with Gasteiger partial charge in [0, 0.05) is 25.6 Å². The second-order valence-electron chi connectivity index (χ2n) is 5.51. The molecule has 1 aromatic heterocycles. The molecule has 0 aliphatic carbocycles. The molecular weight excluding hydrogens is 318 g/mol. The Balaban J connectivity index is 3.01. The zero-order chi connectivity index (χ0) is 15.3. The van der Waals surface area contributed by atoms with E-state index < -0.39 is 0 Å². The van der Waals surface area contributed by atoms with Gasteiger partial charge in [-0.1, -0.05) is 6.92 Å². The summed E-state index contributed by atoms with van der Waals surface area (Å²) in [4.78, 5) is 0. The third-order valence-corrected chi connectivity index (χ3v) is 4.69. The van der Waals surface area contributed by atoms with Crippen molar-refractivity contribution in [2.45, 2.75) is 66.2 Å². The van der Waals surface area contributed by atoms with Gasteiger partial charge < -0.3 is 10.1 Å². The number of halogens is 1. The number of aryl methyl sites for hydroxylation is 2. The first-order valence-electron chi connectivity index (χ1n) is 7.46. The summed E-state index contributed by atoms with van der Waals surface area (Å²) in [5, 5.41) is 8.13. The van der Waals surface area contributed by atoms with Crippen LogP contribution in [0.25, 0.3) is 0 Å². The van der Waals surface area contributed by atoms with Gasteiger partial charge in [-0.25, -0.2) is 0 Å². The van der Waals surface area contributed by atoms with Crippen LogP contribution in [0.5, 0.6) is 0 Å². The molecule has 0 saturated carbocycles. The molecule has 1 N–H and O–H groups in total. The molecule has 1 heterocycles. The van der Waals surface area contributed by atoms with Crippen LogP contribution in [0.2, 0.25) is 0 Å². The minimum Gasteiger partial charge on any atom is -0.374 e. The van der Waals surface area contributed by atoms with Crippen molar-refractivity contribution in [2.24, 2.45) is 0 Å². The zero-order valence-electron chi connectivity index (χ0n) is 13.6. The molecule has 0 spiro atoms. The summed E-state index contributed by atoms with van der Waals surface area (Å²) in [5.74, 6) is 0. The summed E-state index contributed by atoms with van der Waals surface area (Å²) >= 11 is 3.68. The van der Waals surface area contributed by atoms with Crippen molar-refractivity contribution in [1.82, 2.24) is 15.1 Å². The van der Waals surface area contributed by atoms with E-state index in [2.05, 4.69) is 58.7 Å². The Morgan fingerprint density at radius 2 is 2.00 bits per heavy atom. The van der Waals surface area contributed by atoms with Crippen LogP contribution in [0.3, 0.4) is 0 Å². The van der Waals surface area contributed by atoms with E-state index in [4.69, 9.17) is 4.74 Å². The minimum absolute atomic E-state index is 0.207. The predicted octanol–water partition coefficient (Wildman–Crippen LogP) is 3.31. The van der Waals surface area contributed by atoms with E-state index in [1.165, 1.54) is 5.69 Å². The smallest absolute Gasteiger partial charge is 0.0782 e. The number of aromatic nitrogens is 2. The largest absolute Gasteiger partial charge is 0.374 e. The third-order valence-electron chi connectivity index (χ3n) is 3.66. The Bertz CT molecular complexity index is 429. The molecule has 0 aromatic carbocycles. The summed E-state index contributed by atoms with van der Waals surface area (Å²) in [5.41, 5.74) is 2.08. The first kappa shape index (κ1) is 17.7. The summed E-state index contributed by atoms with van der Waals surface area (Å²) in [7, 11) is 0. The Hall–Kier alpha value is -0.390. The van der Waals surface area contributed by atoms with E-state index in [1.807, 2.05) is 13.8 Å². The highest BCUT2D eigenvalue weighted by atomic mass is 79.9. The number of nitrogens with zero attached hydrogens (tertiary/aromatic N) is 2. The van der Waals surface area contributed by atoms with Crippen LogP contribution in [0.1, 0.15) is 46.0 Å². The van der Waals surface area contributed by atoms with Gasteiger partial charge in [0.2, 0.25) is 0 Å². The van der Waals surface area contributed by atoms with E-state index in [-0.39, 0.29) is 11.6 Å². The van der Waals surface area contributed by atoms with Gasteiger partial charge in [-0.15, -0.1) is 0 Å². The van der Waals surface area contributed by atoms with Gasteiger partial charge in [0.25, 0.3) is 0 Å². The lowest BCUT2D eigenvalue weighted by Gasteiger charge is -2.35. The molecule has 1 atom stereocenters. The lowest BCUT2D eigenvalue weighted by molar-refractivity contribution is -0.0381. The fourth-order valence-corrected chi connectivity index (χ4v) is 2.99. The maximum absolute atomic E-state index is 5.93. The van der Waals surface area contributed by atoms with Crippen molar-refractivity contribution < 1.29 is 4.74 Å². The maximum atomic E-state index is 5.93. The molecule has 4 nitrogen and oxygen atoms in total. The average molecular weight is 346 g/mol. The molecule has 1 aromatic rings. The molecule has 20 heavy (non-hydrogen) atoms. The Morgan fingerprint density at radius 3 is 2.50 bits per heavy atom. The van der Waals surface area contributed by atoms with E-state index in [0.717, 1.165) is 36.3 Å². The average Bonchev–Trinajstić information content (AvgIpc) is 2.65. The quantitative estimate of drug-likeness (QED) is 0.785. The highest BCUT2D eigenvalue weighted by Crippen LogP contribution is 2.26. The number of likely N-dealkylation sites (N-methyl/N-ethyl adjacent to an activating group) is 1. The van der Waals surface area contributed by atoms with Gasteiger partial charge in [-0.05, 0) is 57.1 Å². The first-order chi connectivity index (χ1) is 9.37. The third kappa shape index (κ3) is 4.06. The van der Waals surface area contributed by atoms with Crippen LogP contribution in [0, 0.1) is 6.92 Å².